The summed E-state index contributed by atoms with van der Waals surface area (Å²) in [6, 6.07) is 7.51. The first-order chi connectivity index (χ1) is 8.70. The van der Waals surface area contributed by atoms with Gasteiger partial charge in [0.25, 0.3) is 0 Å². The van der Waals surface area contributed by atoms with Crippen molar-refractivity contribution in [1.82, 2.24) is 10.2 Å². The number of benzene rings is 1. The van der Waals surface area contributed by atoms with Crippen molar-refractivity contribution >= 4 is 11.7 Å². The molecule has 1 fully saturated rings. The molecule has 0 aromatic heterocycles. The molecule has 5 nitrogen and oxygen atoms in total. The summed E-state index contributed by atoms with van der Waals surface area (Å²) in [6.45, 7) is 4.47. The smallest absolute Gasteiger partial charge is 0.322 e. The van der Waals surface area contributed by atoms with Gasteiger partial charge in [0.2, 0.25) is 0 Å². The number of nitrogens with one attached hydrogen (secondary N) is 2. The number of ether oxygens (including phenoxy) is 1. The lowest BCUT2D eigenvalue weighted by Crippen LogP contribution is -2.53. The molecule has 1 aliphatic rings. The molecule has 1 unspecified atom stereocenters. The number of hydrogen-bond donors (Lipinski definition) is 2. The Hall–Kier alpha value is -1.75. The van der Waals surface area contributed by atoms with Crippen LogP contribution in [0.2, 0.25) is 0 Å². The van der Waals surface area contributed by atoms with Crippen LogP contribution in [-0.4, -0.2) is 43.7 Å². The van der Waals surface area contributed by atoms with Gasteiger partial charge in [0.15, 0.2) is 0 Å². The Labute approximate surface area is 107 Å². The van der Waals surface area contributed by atoms with Crippen molar-refractivity contribution in [3.8, 4) is 5.75 Å². The lowest BCUT2D eigenvalue weighted by molar-refractivity contribution is 0.177. The SMILES string of the molecule is COc1ccc(NC(=O)N2CCNCC2C)cc1. The van der Waals surface area contributed by atoms with Crippen molar-refractivity contribution in [3.05, 3.63) is 24.3 Å². The standard InChI is InChI=1S/C13H19N3O2/c1-10-9-14-7-8-16(10)13(17)15-11-3-5-12(18-2)6-4-11/h3-6,10,14H,7-9H2,1-2H3,(H,15,17). The van der Waals surface area contributed by atoms with Crippen LogP contribution in [0.15, 0.2) is 24.3 Å². The van der Waals surface area contributed by atoms with E-state index in [2.05, 4.69) is 10.6 Å². The lowest BCUT2D eigenvalue weighted by atomic mass is 10.2. The van der Waals surface area contributed by atoms with Crippen LogP contribution in [-0.2, 0) is 0 Å². The van der Waals surface area contributed by atoms with Gasteiger partial charge in [0, 0.05) is 31.4 Å². The highest BCUT2D eigenvalue weighted by atomic mass is 16.5. The maximum absolute atomic E-state index is 12.1. The molecule has 1 saturated heterocycles. The summed E-state index contributed by atoms with van der Waals surface area (Å²) in [5.41, 5.74) is 0.784. The Kier molecular flexibility index (Phi) is 4.04. The van der Waals surface area contributed by atoms with Crippen molar-refractivity contribution in [2.45, 2.75) is 13.0 Å². The first-order valence-corrected chi connectivity index (χ1v) is 6.13. The molecular weight excluding hydrogens is 230 g/mol. The Bertz CT molecular complexity index is 405. The van der Waals surface area contributed by atoms with Gasteiger partial charge in [-0.3, -0.25) is 0 Å². The molecule has 2 N–H and O–H groups in total. The monoisotopic (exact) mass is 249 g/mol. The van der Waals surface area contributed by atoms with Gasteiger partial charge in [-0.25, -0.2) is 4.79 Å². The quantitative estimate of drug-likeness (QED) is 0.835. The van der Waals surface area contributed by atoms with E-state index in [1.54, 1.807) is 7.11 Å². The number of carbonyl (C=O) groups is 1. The van der Waals surface area contributed by atoms with E-state index in [0.29, 0.717) is 0 Å². The van der Waals surface area contributed by atoms with Crippen LogP contribution in [0, 0.1) is 0 Å². The minimum Gasteiger partial charge on any atom is -0.497 e. The van der Waals surface area contributed by atoms with Crippen molar-refractivity contribution in [2.24, 2.45) is 0 Å². The second-order valence-corrected chi connectivity index (χ2v) is 4.41. The van der Waals surface area contributed by atoms with Gasteiger partial charge in [-0.15, -0.1) is 0 Å². The minimum absolute atomic E-state index is 0.0471. The molecule has 18 heavy (non-hydrogen) atoms. The summed E-state index contributed by atoms with van der Waals surface area (Å²) < 4.78 is 5.08. The summed E-state index contributed by atoms with van der Waals surface area (Å²) in [6.07, 6.45) is 0. The Morgan fingerprint density at radius 3 is 2.78 bits per heavy atom. The number of carbonyl (C=O) groups excluding carboxylic acids is 1. The number of anilines is 1. The van der Waals surface area contributed by atoms with E-state index >= 15 is 0 Å². The zero-order valence-electron chi connectivity index (χ0n) is 10.8. The third-order valence-electron chi connectivity index (χ3n) is 3.10. The molecule has 1 aromatic rings. The van der Waals surface area contributed by atoms with E-state index in [0.717, 1.165) is 31.1 Å². The predicted octanol–water partition coefficient (Wildman–Crippen LogP) is 1.52. The van der Waals surface area contributed by atoms with Gasteiger partial charge < -0.3 is 20.3 Å². The molecule has 1 atom stereocenters. The van der Waals surface area contributed by atoms with Crippen LogP contribution < -0.4 is 15.4 Å². The third kappa shape index (κ3) is 2.92. The highest BCUT2D eigenvalue weighted by Gasteiger charge is 2.22. The van der Waals surface area contributed by atoms with E-state index in [-0.39, 0.29) is 12.1 Å². The third-order valence-corrected chi connectivity index (χ3v) is 3.10. The summed E-state index contributed by atoms with van der Waals surface area (Å²) in [5.74, 6) is 0.781. The Morgan fingerprint density at radius 1 is 1.44 bits per heavy atom. The number of amides is 2. The van der Waals surface area contributed by atoms with E-state index in [9.17, 15) is 4.79 Å². The van der Waals surface area contributed by atoms with Crippen LogP contribution in [0.3, 0.4) is 0 Å². The largest absolute Gasteiger partial charge is 0.497 e. The number of rotatable bonds is 2. The maximum Gasteiger partial charge on any atom is 0.322 e. The second kappa shape index (κ2) is 5.73. The number of nitrogens with zero attached hydrogens (tertiary/aromatic N) is 1. The van der Waals surface area contributed by atoms with Gasteiger partial charge in [-0.05, 0) is 31.2 Å². The molecule has 1 heterocycles. The molecule has 0 bridgehead atoms. The van der Waals surface area contributed by atoms with Gasteiger partial charge in [0.1, 0.15) is 5.75 Å². The van der Waals surface area contributed by atoms with Crippen LogP contribution in [0.25, 0.3) is 0 Å². The summed E-state index contributed by atoms with van der Waals surface area (Å²) in [5, 5.41) is 6.16. The first kappa shape index (κ1) is 12.7. The average Bonchev–Trinajstić information content (AvgIpc) is 2.40. The normalized spacial score (nSPS) is 19.4. The fraction of sp³-hybridized carbons (Fsp3) is 0.462. The Balaban J connectivity index is 1.97. The van der Waals surface area contributed by atoms with Gasteiger partial charge >= 0.3 is 6.03 Å². The summed E-state index contributed by atoms with van der Waals surface area (Å²) in [4.78, 5) is 13.9. The molecule has 2 amide bonds. The van der Waals surface area contributed by atoms with Gasteiger partial charge in [-0.2, -0.15) is 0 Å². The van der Waals surface area contributed by atoms with Gasteiger partial charge in [-0.1, -0.05) is 0 Å². The molecule has 1 aromatic carbocycles. The number of piperazine rings is 1. The fourth-order valence-electron chi connectivity index (χ4n) is 2.01. The van der Waals surface area contributed by atoms with Crippen molar-refractivity contribution < 1.29 is 9.53 Å². The molecule has 0 saturated carbocycles. The van der Waals surface area contributed by atoms with Crippen molar-refractivity contribution in [3.63, 3.8) is 0 Å². The topological polar surface area (TPSA) is 53.6 Å². The van der Waals surface area contributed by atoms with Crippen molar-refractivity contribution in [2.75, 3.05) is 32.1 Å². The van der Waals surface area contributed by atoms with Crippen LogP contribution >= 0.6 is 0 Å². The second-order valence-electron chi connectivity index (χ2n) is 4.41. The highest BCUT2D eigenvalue weighted by molar-refractivity contribution is 5.89. The molecule has 0 spiro atoms. The molecule has 5 heteroatoms. The molecule has 1 aliphatic heterocycles. The lowest BCUT2D eigenvalue weighted by Gasteiger charge is -2.33. The van der Waals surface area contributed by atoms with Crippen LogP contribution in [0.1, 0.15) is 6.92 Å². The minimum atomic E-state index is -0.0471. The Morgan fingerprint density at radius 2 is 2.17 bits per heavy atom. The number of urea groups is 1. The van der Waals surface area contributed by atoms with Crippen LogP contribution in [0.4, 0.5) is 10.5 Å². The first-order valence-electron chi connectivity index (χ1n) is 6.13. The van der Waals surface area contributed by atoms with E-state index in [1.165, 1.54) is 0 Å². The van der Waals surface area contributed by atoms with Gasteiger partial charge in [0.05, 0.1) is 7.11 Å². The van der Waals surface area contributed by atoms with E-state index in [4.69, 9.17) is 4.74 Å². The fourth-order valence-corrected chi connectivity index (χ4v) is 2.01. The molecular formula is C13H19N3O2. The zero-order chi connectivity index (χ0) is 13.0. The molecule has 0 radical (unpaired) electrons. The van der Waals surface area contributed by atoms with Crippen molar-refractivity contribution in [1.29, 1.82) is 0 Å². The summed E-state index contributed by atoms with van der Waals surface area (Å²) >= 11 is 0. The number of hydrogen-bond acceptors (Lipinski definition) is 3. The molecule has 2 rings (SSSR count). The number of methoxy groups -OCH3 is 1. The highest BCUT2D eigenvalue weighted by Crippen LogP contribution is 2.16. The van der Waals surface area contributed by atoms with E-state index in [1.807, 2.05) is 36.1 Å². The molecule has 0 aliphatic carbocycles. The predicted molar refractivity (Wildman–Crippen MR) is 71.1 cm³/mol. The molecule has 98 valence electrons. The zero-order valence-corrected chi connectivity index (χ0v) is 10.8. The average molecular weight is 249 g/mol. The summed E-state index contributed by atoms with van der Waals surface area (Å²) in [7, 11) is 1.62. The van der Waals surface area contributed by atoms with Crippen LogP contribution in [0.5, 0.6) is 5.75 Å². The van der Waals surface area contributed by atoms with E-state index < -0.39 is 0 Å². The maximum atomic E-state index is 12.1.